The molecule has 0 bridgehead atoms. The van der Waals surface area contributed by atoms with Crippen LogP contribution >= 0.6 is 30.2 Å². The van der Waals surface area contributed by atoms with Crippen molar-refractivity contribution in [3.63, 3.8) is 0 Å². The van der Waals surface area contributed by atoms with Crippen LogP contribution < -0.4 is 4.89 Å². The van der Waals surface area contributed by atoms with Gasteiger partial charge in [0, 0.05) is 7.37 Å². The minimum atomic E-state index is -2.89. The Kier molecular flexibility index (Phi) is 21.8. The van der Waals surface area contributed by atoms with Gasteiger partial charge in [-0.2, -0.15) is 0 Å². The van der Waals surface area contributed by atoms with Crippen molar-refractivity contribution in [1.82, 2.24) is 0 Å². The monoisotopic (exact) mass is 338 g/mol. The third-order valence-electron chi connectivity index (χ3n) is 0. The minimum absolute atomic E-state index is 0.380. The van der Waals surface area contributed by atoms with Gasteiger partial charge in [0.05, 0.1) is 7.14 Å². The first kappa shape index (κ1) is 27.3. The van der Waals surface area contributed by atoms with Crippen molar-refractivity contribution >= 4 is 30.2 Å². The molecular weight excluding hydrogens is 308 g/mol. The van der Waals surface area contributed by atoms with E-state index >= 15 is 0 Å². The van der Waals surface area contributed by atoms with Crippen LogP contribution in [0.25, 0.3) is 0 Å². The Morgan fingerprint density at radius 3 is 0.889 bits per heavy atom. The predicted octanol–water partition coefficient (Wildman–Crippen LogP) is 3.55. The molecule has 0 N–H and O–H groups in total. The van der Waals surface area contributed by atoms with Crippen LogP contribution in [0.5, 0.6) is 0 Å². The molecule has 0 aliphatic carbocycles. The summed E-state index contributed by atoms with van der Waals surface area (Å²) in [5.41, 5.74) is 0. The second-order valence-electron chi connectivity index (χ2n) is 5.30. The lowest BCUT2D eigenvalue weighted by atomic mass is 11.9. The Morgan fingerprint density at radius 1 is 0.889 bits per heavy atom. The fourth-order valence-electron chi connectivity index (χ4n) is 0. The molecule has 0 aliphatic heterocycles. The summed E-state index contributed by atoms with van der Waals surface area (Å²) in [5.74, 6) is 0. The lowest BCUT2D eigenvalue weighted by molar-refractivity contribution is -0.171. The average molecular weight is 338 g/mol. The molecule has 0 saturated heterocycles. The van der Waals surface area contributed by atoms with E-state index in [0.29, 0.717) is 7.92 Å². The van der Waals surface area contributed by atoms with Gasteiger partial charge in [-0.15, -0.1) is 7.92 Å². The fourth-order valence-corrected chi connectivity index (χ4v) is 0. The van der Waals surface area contributed by atoms with Crippen molar-refractivity contribution < 1.29 is 18.6 Å². The van der Waals surface area contributed by atoms with E-state index in [1.807, 2.05) is 0 Å². The average Bonchev–Trinajstić information content (AvgIpc) is 1.70. The third kappa shape index (κ3) is 4780. The lowest BCUT2D eigenvalue weighted by Gasteiger charge is -2.06. The molecule has 114 valence electrons. The van der Waals surface area contributed by atoms with Crippen LogP contribution in [0.3, 0.4) is 0 Å². The van der Waals surface area contributed by atoms with Crippen molar-refractivity contribution in [2.75, 3.05) is 66.6 Å². The maximum atomic E-state index is 10.2. The van der Waals surface area contributed by atoms with Gasteiger partial charge in [-0.25, -0.2) is 0 Å². The maximum Gasteiger partial charge on any atom is 0.332 e. The molecule has 0 heterocycles. The number of hydrogen-bond donors (Lipinski definition) is 0. The van der Waals surface area contributed by atoms with Gasteiger partial charge in [-0.1, -0.05) is 4.57 Å². The van der Waals surface area contributed by atoms with Gasteiger partial charge in [0.15, 0.2) is 0 Å². The highest BCUT2D eigenvalue weighted by molar-refractivity contribution is 7.61. The van der Waals surface area contributed by atoms with E-state index in [-0.39, 0.29) is 0 Å². The van der Waals surface area contributed by atoms with Crippen molar-refractivity contribution in [1.29, 1.82) is 0 Å². The number of rotatable bonds is 0. The van der Waals surface area contributed by atoms with E-state index in [4.69, 9.17) is 0 Å². The van der Waals surface area contributed by atoms with E-state index < -0.39 is 22.3 Å². The Bertz CT molecular complexity index is 234. The molecule has 0 aliphatic rings. The molecule has 8 heteroatoms. The molecule has 0 atom stereocenters. The molecule has 0 aromatic rings. The van der Waals surface area contributed by atoms with Gasteiger partial charge in [0.1, 0.15) is 13.3 Å². The summed E-state index contributed by atoms with van der Waals surface area (Å²) < 4.78 is 29.5. The molecule has 0 saturated carbocycles. The van der Waals surface area contributed by atoms with Crippen molar-refractivity contribution in [3.05, 3.63) is 0 Å². The van der Waals surface area contributed by atoms with Gasteiger partial charge in [-0.05, 0) is 53.3 Å². The van der Waals surface area contributed by atoms with E-state index in [2.05, 4.69) is 20.0 Å². The highest BCUT2D eigenvalue weighted by atomic mass is 31.2. The van der Waals surface area contributed by atoms with Crippen LogP contribution in [-0.2, 0) is 13.7 Å². The van der Waals surface area contributed by atoms with Gasteiger partial charge < -0.3 is 14.0 Å². The fraction of sp³-hybridized carbons (Fsp3) is 1.00. The number of hydrogen-bond acceptors (Lipinski definition) is 4. The van der Waals surface area contributed by atoms with Gasteiger partial charge >= 0.3 is 7.80 Å². The molecule has 0 aromatic carbocycles. The van der Waals surface area contributed by atoms with Crippen LogP contribution in [0.2, 0.25) is 0 Å². The van der Waals surface area contributed by atoms with Crippen LogP contribution in [0, 0.1) is 0 Å². The second kappa shape index (κ2) is 14.4. The smallest absolute Gasteiger partial charge is 0.332 e. The highest BCUT2D eigenvalue weighted by Crippen LogP contribution is 2.28. The molecule has 18 heavy (non-hydrogen) atoms. The summed E-state index contributed by atoms with van der Waals surface area (Å²) in [5, 5.41) is 0. The normalized spacial score (nSPS) is 10.0. The Hall–Kier alpha value is 0.950. The molecule has 0 radical (unpaired) electrons. The largest absolute Gasteiger partial charge is 0.800 e. The summed E-state index contributed by atoms with van der Waals surface area (Å²) in [6.07, 6.45) is 0. The Morgan fingerprint density at radius 2 is 0.889 bits per heavy atom. The third-order valence-corrected chi connectivity index (χ3v) is 0. The Labute approximate surface area is 116 Å². The molecule has 0 unspecified atom stereocenters. The molecular formula is C10H30O4P4. The van der Waals surface area contributed by atoms with Crippen molar-refractivity contribution in [2.45, 2.75) is 0 Å². The zero-order valence-corrected chi connectivity index (χ0v) is 17.0. The maximum absolute atomic E-state index is 10.2. The molecule has 0 rings (SSSR count). The van der Waals surface area contributed by atoms with E-state index in [0.717, 1.165) is 0 Å². The topological polar surface area (TPSA) is 74.3 Å². The first-order chi connectivity index (χ1) is 7.46. The Balaban J connectivity index is -0.0000000731. The highest BCUT2D eigenvalue weighted by Gasteiger charge is 1.89. The van der Waals surface area contributed by atoms with Gasteiger partial charge in [0.25, 0.3) is 0 Å². The summed E-state index contributed by atoms with van der Waals surface area (Å²) >= 11 is 0. The summed E-state index contributed by atoms with van der Waals surface area (Å²) in [4.78, 5) is 9.66. The SMILES string of the molecule is CP(C)(=O)[O-].CP(C)(C)=O.CP(C)C.C[P+](C)=O. The molecule has 0 spiro atoms. The van der Waals surface area contributed by atoms with Crippen LogP contribution in [0.4, 0.5) is 0 Å². The zero-order chi connectivity index (χ0) is 16.2. The van der Waals surface area contributed by atoms with Gasteiger partial charge in [-0.3, -0.25) is 0 Å². The molecule has 0 aromatic heterocycles. The second-order valence-corrected chi connectivity index (χ2v) is 15.9. The summed E-state index contributed by atoms with van der Waals surface area (Å²) in [6, 6.07) is 0. The van der Waals surface area contributed by atoms with Crippen molar-refractivity contribution in [2.24, 2.45) is 0 Å². The predicted molar refractivity (Wildman–Crippen MR) is 89.0 cm³/mol. The van der Waals surface area contributed by atoms with Crippen molar-refractivity contribution in [3.8, 4) is 0 Å². The first-order valence-corrected chi connectivity index (χ1v) is 15.6. The molecule has 0 amide bonds. The first-order valence-electron chi connectivity index (χ1n) is 5.20. The van der Waals surface area contributed by atoms with Crippen LogP contribution in [0.15, 0.2) is 0 Å². The van der Waals surface area contributed by atoms with E-state index in [9.17, 15) is 18.6 Å². The molecule has 4 nitrogen and oxygen atoms in total. The van der Waals surface area contributed by atoms with Gasteiger partial charge in [0.2, 0.25) is 0 Å². The molecule has 0 fully saturated rings. The zero-order valence-electron chi connectivity index (χ0n) is 13.4. The van der Waals surface area contributed by atoms with E-state index in [1.165, 1.54) is 13.3 Å². The standard InChI is InChI=1S/C3H9OP.C3H9P.C2H7O2P.C2H6OP/c1-5(2,3)4;1-4(2)3;1-5(2,3)4;1-4(2)3/h1-3H3;1-3H3;1-2H3,(H,3,4);1-2H3/q;;;+1/p-1. The summed E-state index contributed by atoms with van der Waals surface area (Å²) in [6.45, 7) is 17.7. The van der Waals surface area contributed by atoms with Crippen LogP contribution in [0.1, 0.15) is 0 Å². The lowest BCUT2D eigenvalue weighted by Crippen LogP contribution is -1.93. The minimum Gasteiger partial charge on any atom is -0.800 e. The quantitative estimate of drug-likeness (QED) is 0.633. The summed E-state index contributed by atoms with van der Waals surface area (Å²) in [7, 11) is -5.02. The van der Waals surface area contributed by atoms with E-state index in [1.54, 1.807) is 33.3 Å². The van der Waals surface area contributed by atoms with Crippen LogP contribution in [-0.4, -0.2) is 66.6 Å².